The summed E-state index contributed by atoms with van der Waals surface area (Å²) in [4.78, 5) is 2.61. The van der Waals surface area contributed by atoms with Gasteiger partial charge in [-0.2, -0.15) is 0 Å². The van der Waals surface area contributed by atoms with Crippen molar-refractivity contribution < 1.29 is 0 Å². The molecule has 0 saturated heterocycles. The predicted octanol–water partition coefficient (Wildman–Crippen LogP) is 2.15. The van der Waals surface area contributed by atoms with Crippen LogP contribution in [0.2, 0.25) is 0 Å². The zero-order chi connectivity index (χ0) is 10.1. The van der Waals surface area contributed by atoms with Gasteiger partial charge in [0, 0.05) is 31.4 Å². The zero-order valence-corrected chi connectivity index (χ0v) is 9.08. The second-order valence-corrected chi connectivity index (χ2v) is 4.58. The number of anilines is 1. The lowest BCUT2D eigenvalue weighted by Crippen LogP contribution is -2.42. The summed E-state index contributed by atoms with van der Waals surface area (Å²) in [6.45, 7) is 3.31. The molecule has 0 atom stereocenters. The van der Waals surface area contributed by atoms with E-state index < -0.39 is 0 Å². The molecule has 1 fully saturated rings. The molecule has 0 spiro atoms. The summed E-state index contributed by atoms with van der Waals surface area (Å²) in [6, 6.07) is 9.65. The van der Waals surface area contributed by atoms with E-state index in [-0.39, 0.29) is 0 Å². The Balaban J connectivity index is 1.94. The van der Waals surface area contributed by atoms with Crippen molar-refractivity contribution in [3.05, 3.63) is 29.8 Å². The SMILES string of the molecule is c1ccc2c(c1)CNCCN2C1CCC1. The molecule has 0 radical (unpaired) electrons. The van der Waals surface area contributed by atoms with Crippen molar-refractivity contribution in [2.75, 3.05) is 18.0 Å². The van der Waals surface area contributed by atoms with Crippen LogP contribution in [0.1, 0.15) is 24.8 Å². The van der Waals surface area contributed by atoms with Crippen LogP contribution in [0, 0.1) is 0 Å². The van der Waals surface area contributed by atoms with Crippen LogP contribution in [0.25, 0.3) is 0 Å². The van der Waals surface area contributed by atoms with E-state index >= 15 is 0 Å². The van der Waals surface area contributed by atoms with Crippen molar-refractivity contribution >= 4 is 5.69 Å². The van der Waals surface area contributed by atoms with Gasteiger partial charge in [0.15, 0.2) is 0 Å². The lowest BCUT2D eigenvalue weighted by molar-refractivity contribution is 0.387. The van der Waals surface area contributed by atoms with Gasteiger partial charge in [0.25, 0.3) is 0 Å². The average Bonchev–Trinajstić information content (AvgIpc) is 2.39. The number of fused-ring (bicyclic) bond motifs is 1. The molecule has 0 aromatic heterocycles. The minimum Gasteiger partial charge on any atom is -0.367 e. The van der Waals surface area contributed by atoms with Crippen LogP contribution >= 0.6 is 0 Å². The van der Waals surface area contributed by atoms with Crippen LogP contribution < -0.4 is 10.2 Å². The normalized spacial score (nSPS) is 21.7. The number of rotatable bonds is 1. The number of nitrogens with zero attached hydrogens (tertiary/aromatic N) is 1. The Kier molecular flexibility index (Phi) is 2.37. The number of hydrogen-bond acceptors (Lipinski definition) is 2. The first-order valence-electron chi connectivity index (χ1n) is 6.00. The van der Waals surface area contributed by atoms with Gasteiger partial charge in [-0.3, -0.25) is 0 Å². The van der Waals surface area contributed by atoms with E-state index in [0.29, 0.717) is 0 Å². The molecule has 1 heterocycles. The molecule has 1 aromatic rings. The third-order valence-corrected chi connectivity index (χ3v) is 3.66. The van der Waals surface area contributed by atoms with Gasteiger partial charge in [0.1, 0.15) is 0 Å². The Labute approximate surface area is 91.3 Å². The summed E-state index contributed by atoms with van der Waals surface area (Å²) in [6.07, 6.45) is 4.18. The van der Waals surface area contributed by atoms with E-state index in [4.69, 9.17) is 0 Å². The Morgan fingerprint density at radius 1 is 1.20 bits per heavy atom. The van der Waals surface area contributed by atoms with Crippen LogP contribution in [0.4, 0.5) is 5.69 Å². The molecule has 1 N–H and O–H groups in total. The molecule has 3 rings (SSSR count). The van der Waals surface area contributed by atoms with E-state index in [1.807, 2.05) is 0 Å². The van der Waals surface area contributed by atoms with Crippen molar-refractivity contribution in [1.29, 1.82) is 0 Å². The maximum atomic E-state index is 3.49. The number of nitrogens with one attached hydrogen (secondary N) is 1. The first kappa shape index (κ1) is 9.22. The van der Waals surface area contributed by atoms with E-state index in [9.17, 15) is 0 Å². The van der Waals surface area contributed by atoms with Gasteiger partial charge < -0.3 is 10.2 Å². The predicted molar refractivity (Wildman–Crippen MR) is 63.1 cm³/mol. The Bertz CT molecular complexity index is 344. The molecule has 2 nitrogen and oxygen atoms in total. The van der Waals surface area contributed by atoms with Crippen LogP contribution in [0.3, 0.4) is 0 Å². The van der Waals surface area contributed by atoms with Gasteiger partial charge in [-0.15, -0.1) is 0 Å². The van der Waals surface area contributed by atoms with Gasteiger partial charge in [-0.25, -0.2) is 0 Å². The van der Waals surface area contributed by atoms with E-state index in [1.54, 1.807) is 0 Å². The molecular weight excluding hydrogens is 184 g/mol. The topological polar surface area (TPSA) is 15.3 Å². The molecule has 15 heavy (non-hydrogen) atoms. The molecule has 2 heteroatoms. The molecule has 1 aromatic carbocycles. The Morgan fingerprint density at radius 3 is 2.87 bits per heavy atom. The van der Waals surface area contributed by atoms with Crippen molar-refractivity contribution in [2.45, 2.75) is 31.8 Å². The second-order valence-electron chi connectivity index (χ2n) is 4.58. The van der Waals surface area contributed by atoms with E-state index in [0.717, 1.165) is 19.1 Å². The monoisotopic (exact) mass is 202 g/mol. The summed E-state index contributed by atoms with van der Waals surface area (Å²) >= 11 is 0. The van der Waals surface area contributed by atoms with E-state index in [1.165, 1.54) is 37.1 Å². The third-order valence-electron chi connectivity index (χ3n) is 3.66. The number of benzene rings is 1. The first-order valence-corrected chi connectivity index (χ1v) is 6.00. The van der Waals surface area contributed by atoms with Gasteiger partial charge in [0.2, 0.25) is 0 Å². The molecular formula is C13H18N2. The molecule has 1 aliphatic carbocycles. The van der Waals surface area contributed by atoms with Crippen LogP contribution in [-0.2, 0) is 6.54 Å². The van der Waals surface area contributed by atoms with Crippen LogP contribution in [0.5, 0.6) is 0 Å². The smallest absolute Gasteiger partial charge is 0.0414 e. The van der Waals surface area contributed by atoms with Gasteiger partial charge in [-0.05, 0) is 30.9 Å². The average molecular weight is 202 g/mol. The first-order chi connectivity index (χ1) is 7.45. The number of hydrogen-bond donors (Lipinski definition) is 1. The standard InChI is InChI=1S/C13H18N2/c1-2-7-13-11(4-1)10-14-8-9-15(13)12-5-3-6-12/h1-2,4,7,12,14H,3,5-6,8-10H2. The molecule has 0 unspecified atom stereocenters. The minimum absolute atomic E-state index is 0.811. The molecule has 2 aliphatic rings. The number of para-hydroxylation sites is 1. The Hall–Kier alpha value is -1.02. The van der Waals surface area contributed by atoms with Crippen LogP contribution in [-0.4, -0.2) is 19.1 Å². The fourth-order valence-corrected chi connectivity index (χ4v) is 2.56. The van der Waals surface area contributed by atoms with Gasteiger partial charge in [0.05, 0.1) is 0 Å². The summed E-state index contributed by atoms with van der Waals surface area (Å²) < 4.78 is 0. The van der Waals surface area contributed by atoms with Crippen molar-refractivity contribution in [2.24, 2.45) is 0 Å². The molecule has 0 amide bonds. The van der Waals surface area contributed by atoms with Gasteiger partial charge >= 0.3 is 0 Å². The minimum atomic E-state index is 0.811. The highest BCUT2D eigenvalue weighted by Crippen LogP contribution is 2.32. The molecule has 0 bridgehead atoms. The summed E-state index contributed by atoms with van der Waals surface area (Å²) in [7, 11) is 0. The maximum absolute atomic E-state index is 3.49. The van der Waals surface area contributed by atoms with Crippen LogP contribution in [0.15, 0.2) is 24.3 Å². The zero-order valence-electron chi connectivity index (χ0n) is 9.08. The summed E-state index contributed by atoms with van der Waals surface area (Å²) in [5.41, 5.74) is 2.93. The van der Waals surface area contributed by atoms with Gasteiger partial charge in [-0.1, -0.05) is 18.2 Å². The fraction of sp³-hybridized carbons (Fsp3) is 0.538. The summed E-state index contributed by atoms with van der Waals surface area (Å²) in [5, 5.41) is 3.49. The highest BCUT2D eigenvalue weighted by atomic mass is 15.2. The lowest BCUT2D eigenvalue weighted by Gasteiger charge is -2.39. The highest BCUT2D eigenvalue weighted by molar-refractivity contribution is 5.55. The Morgan fingerprint density at radius 2 is 2.07 bits per heavy atom. The van der Waals surface area contributed by atoms with Crippen molar-refractivity contribution in [3.63, 3.8) is 0 Å². The molecule has 1 aliphatic heterocycles. The third kappa shape index (κ3) is 1.63. The van der Waals surface area contributed by atoms with Crippen molar-refractivity contribution in [3.8, 4) is 0 Å². The summed E-state index contributed by atoms with van der Waals surface area (Å²) in [5.74, 6) is 0. The lowest BCUT2D eigenvalue weighted by atomic mass is 9.90. The molecule has 80 valence electrons. The maximum Gasteiger partial charge on any atom is 0.0414 e. The highest BCUT2D eigenvalue weighted by Gasteiger charge is 2.27. The second kappa shape index (κ2) is 3.86. The van der Waals surface area contributed by atoms with E-state index in [2.05, 4.69) is 34.5 Å². The van der Waals surface area contributed by atoms with Crippen molar-refractivity contribution in [1.82, 2.24) is 5.32 Å². The molecule has 1 saturated carbocycles. The largest absolute Gasteiger partial charge is 0.367 e. The fourth-order valence-electron chi connectivity index (χ4n) is 2.56. The quantitative estimate of drug-likeness (QED) is 0.750.